The zero-order valence-corrected chi connectivity index (χ0v) is 23.1. The summed E-state index contributed by atoms with van der Waals surface area (Å²) in [6.45, 7) is 9.55. The van der Waals surface area contributed by atoms with E-state index in [0.717, 1.165) is 33.6 Å². The van der Waals surface area contributed by atoms with E-state index in [0.29, 0.717) is 0 Å². The highest BCUT2D eigenvalue weighted by molar-refractivity contribution is 5.82. The lowest BCUT2D eigenvalue weighted by atomic mass is 9.98. The fourth-order valence-electron chi connectivity index (χ4n) is 4.77. The molecule has 0 heterocycles. The van der Waals surface area contributed by atoms with E-state index in [1.165, 1.54) is 4.90 Å². The van der Waals surface area contributed by atoms with Crippen molar-refractivity contribution in [2.75, 3.05) is 13.7 Å². The molecule has 0 N–H and O–H groups in total. The molecule has 0 radical (unpaired) electrons. The van der Waals surface area contributed by atoms with Gasteiger partial charge in [-0.3, -0.25) is 4.90 Å². The van der Waals surface area contributed by atoms with Gasteiger partial charge in [0.05, 0.1) is 6.10 Å². The number of fused-ring (bicyclic) bond motifs is 3. The summed E-state index contributed by atoms with van der Waals surface area (Å²) >= 11 is 0. The van der Waals surface area contributed by atoms with Crippen molar-refractivity contribution in [3.05, 3.63) is 89.5 Å². The molecule has 200 valence electrons. The van der Waals surface area contributed by atoms with Crippen molar-refractivity contribution in [3.63, 3.8) is 0 Å². The Morgan fingerprint density at radius 3 is 1.95 bits per heavy atom. The Balaban J connectivity index is 1.50. The number of benzene rings is 3. The molecule has 1 amide bonds. The number of hydrogen-bond donors (Lipinski definition) is 0. The predicted octanol–water partition coefficient (Wildman–Crippen LogP) is 6.61. The summed E-state index contributed by atoms with van der Waals surface area (Å²) in [4.78, 5) is 27.8. The molecule has 0 saturated heterocycles. The molecular weight excluding hydrogens is 478 g/mol. The summed E-state index contributed by atoms with van der Waals surface area (Å²) in [7, 11) is 1.59. The number of rotatable bonds is 8. The van der Waals surface area contributed by atoms with Crippen LogP contribution in [-0.4, -0.2) is 48.4 Å². The number of hydrogen-bond acceptors (Lipinski definition) is 5. The molecule has 0 spiro atoms. The van der Waals surface area contributed by atoms with Crippen LogP contribution in [0.1, 0.15) is 57.2 Å². The van der Waals surface area contributed by atoms with Gasteiger partial charge in [-0.1, -0.05) is 60.7 Å². The third kappa shape index (κ3) is 6.36. The van der Waals surface area contributed by atoms with Gasteiger partial charge in [0.2, 0.25) is 0 Å². The Labute approximate surface area is 225 Å². The number of carbonyl (C=O) groups is 2. The quantitative estimate of drug-likeness (QED) is 0.316. The number of likely N-dealkylation sites (N-methyl/N-ethyl adjacent to an activating group) is 1. The van der Waals surface area contributed by atoms with Gasteiger partial charge in [0.25, 0.3) is 0 Å². The van der Waals surface area contributed by atoms with Gasteiger partial charge in [-0.15, -0.1) is 0 Å². The molecule has 0 saturated carbocycles. The average molecular weight is 516 g/mol. The van der Waals surface area contributed by atoms with E-state index in [2.05, 4.69) is 24.3 Å². The van der Waals surface area contributed by atoms with Crippen LogP contribution in [0.15, 0.2) is 72.8 Å². The number of amides is 1. The first-order chi connectivity index (χ1) is 18.0. The molecule has 6 nitrogen and oxygen atoms in total. The van der Waals surface area contributed by atoms with Crippen LogP contribution < -0.4 is 4.74 Å². The molecule has 3 aromatic rings. The number of esters is 1. The molecule has 0 aromatic heterocycles. The van der Waals surface area contributed by atoms with Gasteiger partial charge in [-0.05, 0) is 74.6 Å². The summed E-state index contributed by atoms with van der Waals surface area (Å²) in [6.07, 6.45) is -0.213. The Morgan fingerprint density at radius 1 is 0.868 bits per heavy atom. The topological polar surface area (TPSA) is 65.1 Å². The Bertz CT molecular complexity index is 1230. The molecule has 0 aliphatic heterocycles. The van der Waals surface area contributed by atoms with Crippen molar-refractivity contribution in [1.29, 1.82) is 0 Å². The first-order valence-electron chi connectivity index (χ1n) is 13.1. The highest BCUT2D eigenvalue weighted by atomic mass is 16.6. The monoisotopic (exact) mass is 515 g/mol. The van der Waals surface area contributed by atoms with Crippen molar-refractivity contribution in [3.8, 4) is 16.9 Å². The second-order valence-electron chi connectivity index (χ2n) is 11.0. The van der Waals surface area contributed by atoms with E-state index < -0.39 is 23.7 Å². The first kappa shape index (κ1) is 27.2. The maximum absolute atomic E-state index is 13.3. The van der Waals surface area contributed by atoms with E-state index in [1.807, 2.05) is 83.1 Å². The molecular formula is C32H37NO5. The molecule has 6 heteroatoms. The molecule has 4 rings (SSSR count). The van der Waals surface area contributed by atoms with Crippen molar-refractivity contribution < 1.29 is 23.8 Å². The molecule has 0 fully saturated rings. The summed E-state index contributed by atoms with van der Waals surface area (Å²) in [5.41, 5.74) is 4.79. The summed E-state index contributed by atoms with van der Waals surface area (Å²) in [6, 6.07) is 23.1. The predicted molar refractivity (Wildman–Crippen MR) is 148 cm³/mol. The Hall–Kier alpha value is -3.80. The molecule has 38 heavy (non-hydrogen) atoms. The first-order valence-corrected chi connectivity index (χ1v) is 13.1. The summed E-state index contributed by atoms with van der Waals surface area (Å²) in [5, 5.41) is 0. The third-order valence-electron chi connectivity index (χ3n) is 6.49. The van der Waals surface area contributed by atoms with Crippen LogP contribution in [0.2, 0.25) is 0 Å². The highest BCUT2D eigenvalue weighted by Gasteiger charge is 2.34. The minimum atomic E-state index is -0.846. The van der Waals surface area contributed by atoms with Crippen LogP contribution >= 0.6 is 0 Å². The molecule has 3 aromatic carbocycles. The van der Waals surface area contributed by atoms with Crippen molar-refractivity contribution in [2.24, 2.45) is 0 Å². The second-order valence-corrected chi connectivity index (χ2v) is 11.0. The Morgan fingerprint density at radius 2 is 1.42 bits per heavy atom. The minimum absolute atomic E-state index is 0.0618. The molecule has 1 unspecified atom stereocenters. The number of ether oxygens (including phenoxy) is 3. The van der Waals surface area contributed by atoms with Gasteiger partial charge in [-0.25, -0.2) is 9.59 Å². The lowest BCUT2D eigenvalue weighted by Crippen LogP contribution is -2.47. The molecule has 1 atom stereocenters. The van der Waals surface area contributed by atoms with Gasteiger partial charge in [-0.2, -0.15) is 0 Å². The van der Waals surface area contributed by atoms with Crippen LogP contribution in [0, 0.1) is 0 Å². The lowest BCUT2D eigenvalue weighted by molar-refractivity contribution is -0.160. The molecule has 0 bridgehead atoms. The minimum Gasteiger partial charge on any atom is -0.491 e. The normalized spacial score (nSPS) is 13.4. The van der Waals surface area contributed by atoms with Gasteiger partial charge in [0.1, 0.15) is 24.0 Å². The number of carbonyl (C=O) groups excluding carboxylic acids is 2. The second kappa shape index (κ2) is 11.3. The van der Waals surface area contributed by atoms with Crippen LogP contribution in [0.4, 0.5) is 4.79 Å². The highest BCUT2D eigenvalue weighted by Crippen LogP contribution is 2.44. The third-order valence-corrected chi connectivity index (χ3v) is 6.49. The van der Waals surface area contributed by atoms with E-state index in [4.69, 9.17) is 14.2 Å². The molecule has 1 aliphatic rings. The van der Waals surface area contributed by atoms with Crippen LogP contribution in [-0.2, 0) is 20.7 Å². The van der Waals surface area contributed by atoms with Crippen LogP contribution in [0.5, 0.6) is 5.75 Å². The van der Waals surface area contributed by atoms with E-state index in [-0.39, 0.29) is 25.0 Å². The van der Waals surface area contributed by atoms with Crippen LogP contribution in [0.3, 0.4) is 0 Å². The lowest BCUT2D eigenvalue weighted by Gasteiger charge is -2.30. The standard InChI is InChI=1S/C32H37NO5/c1-21(2)37-23-17-15-22(16-18-23)19-29(30(34)38-32(3,4)5)33(6)31(35)36-20-28-26-13-9-7-11-24(26)25-12-8-10-14-27(25)28/h7-18,21,28-29H,19-20H2,1-6H3. The fourth-order valence-corrected chi connectivity index (χ4v) is 4.77. The Kier molecular flexibility index (Phi) is 8.10. The van der Waals surface area contributed by atoms with Gasteiger partial charge in [0, 0.05) is 19.4 Å². The van der Waals surface area contributed by atoms with Gasteiger partial charge >= 0.3 is 12.1 Å². The van der Waals surface area contributed by atoms with E-state index in [1.54, 1.807) is 7.05 Å². The van der Waals surface area contributed by atoms with E-state index in [9.17, 15) is 9.59 Å². The van der Waals surface area contributed by atoms with Crippen molar-refractivity contribution in [1.82, 2.24) is 4.90 Å². The maximum Gasteiger partial charge on any atom is 0.410 e. The average Bonchev–Trinajstić information content (AvgIpc) is 3.18. The number of nitrogens with zero attached hydrogens (tertiary/aromatic N) is 1. The largest absolute Gasteiger partial charge is 0.491 e. The smallest absolute Gasteiger partial charge is 0.410 e. The maximum atomic E-state index is 13.3. The van der Waals surface area contributed by atoms with Crippen LogP contribution in [0.25, 0.3) is 11.1 Å². The summed E-state index contributed by atoms with van der Waals surface area (Å²) in [5.74, 6) is 0.215. The molecule has 1 aliphatic carbocycles. The summed E-state index contributed by atoms with van der Waals surface area (Å²) < 4.78 is 17.2. The van der Waals surface area contributed by atoms with E-state index >= 15 is 0 Å². The SMILES string of the molecule is CC(C)Oc1ccc(CC(C(=O)OC(C)(C)C)N(C)C(=O)OCC2c3ccccc3-c3ccccc32)cc1. The van der Waals surface area contributed by atoms with Crippen molar-refractivity contribution in [2.45, 2.75) is 64.7 Å². The van der Waals surface area contributed by atoms with Crippen molar-refractivity contribution >= 4 is 12.1 Å². The van der Waals surface area contributed by atoms with Gasteiger partial charge < -0.3 is 14.2 Å². The fraction of sp³-hybridized carbons (Fsp3) is 0.375. The zero-order valence-electron chi connectivity index (χ0n) is 23.1. The zero-order chi connectivity index (χ0) is 27.4. The van der Waals surface area contributed by atoms with Gasteiger partial charge in [0.15, 0.2) is 0 Å².